The van der Waals surface area contributed by atoms with Gasteiger partial charge in [0, 0.05) is 18.8 Å². The van der Waals surface area contributed by atoms with Crippen LogP contribution < -0.4 is 4.74 Å². The first kappa shape index (κ1) is 22.0. The number of hydrogen-bond donors (Lipinski definition) is 0. The maximum absolute atomic E-state index is 12.3. The number of aliphatic imine (C=N–C) groups is 1. The normalized spacial score (nSPS) is 12.4. The van der Waals surface area contributed by atoms with Crippen LogP contribution >= 0.6 is 0 Å². The lowest BCUT2D eigenvalue weighted by Gasteiger charge is -2.13. The van der Waals surface area contributed by atoms with Crippen LogP contribution in [0, 0.1) is 6.92 Å². The molecule has 1 heterocycles. The average Bonchev–Trinajstić information content (AvgIpc) is 3.17. The van der Waals surface area contributed by atoms with E-state index >= 15 is 0 Å². The number of hydrazone groups is 1. The van der Waals surface area contributed by atoms with Gasteiger partial charge in [0.2, 0.25) is 11.7 Å². The van der Waals surface area contributed by atoms with E-state index in [-0.39, 0.29) is 23.3 Å². The molecule has 0 saturated heterocycles. The molecule has 0 fully saturated rings. The molecule has 10 heteroatoms. The fourth-order valence-electron chi connectivity index (χ4n) is 2.76. The molecule has 0 amide bonds. The second-order valence-corrected chi connectivity index (χ2v) is 6.61. The molecule has 7 nitrogen and oxygen atoms in total. The summed E-state index contributed by atoms with van der Waals surface area (Å²) in [5.41, 5.74) is 2.69. The Labute approximate surface area is 176 Å². The zero-order valence-corrected chi connectivity index (χ0v) is 17.1. The van der Waals surface area contributed by atoms with Crippen molar-refractivity contribution in [2.24, 2.45) is 10.1 Å². The first-order chi connectivity index (χ1) is 14.7. The Morgan fingerprint density at radius 3 is 2.58 bits per heavy atom. The molecule has 2 aromatic carbocycles. The fraction of sp³-hybridized carbons (Fsp3) is 0.238. The minimum atomic E-state index is -4.76. The number of ether oxygens (including phenoxy) is 1. The molecule has 0 N–H and O–H groups in total. The summed E-state index contributed by atoms with van der Waals surface area (Å²) in [4.78, 5) is 8.46. The minimum Gasteiger partial charge on any atom is -0.406 e. The van der Waals surface area contributed by atoms with Crippen LogP contribution in [-0.4, -0.2) is 40.6 Å². The highest BCUT2D eigenvalue weighted by Crippen LogP contribution is 2.25. The predicted octanol–water partition coefficient (Wildman–Crippen LogP) is 4.83. The molecule has 162 valence electrons. The molecule has 3 rings (SSSR count). The molecule has 0 bridgehead atoms. The summed E-state index contributed by atoms with van der Waals surface area (Å²) in [6.45, 7) is 4.29. The Hall–Kier alpha value is -3.69. The molecule has 0 aliphatic rings. The van der Waals surface area contributed by atoms with Crippen molar-refractivity contribution in [3.05, 3.63) is 65.5 Å². The molecule has 31 heavy (non-hydrogen) atoms. The van der Waals surface area contributed by atoms with E-state index in [0.29, 0.717) is 12.1 Å². The molecular formula is C21H20F3N5O2. The second-order valence-electron chi connectivity index (χ2n) is 6.61. The van der Waals surface area contributed by atoms with E-state index in [1.807, 2.05) is 25.1 Å². The van der Waals surface area contributed by atoms with Gasteiger partial charge in [0.05, 0.1) is 6.54 Å². The highest BCUT2D eigenvalue weighted by atomic mass is 19.4. The van der Waals surface area contributed by atoms with Crippen molar-refractivity contribution in [1.29, 1.82) is 0 Å². The molecule has 0 unspecified atom stereocenters. The number of alkyl halides is 3. The van der Waals surface area contributed by atoms with Crippen molar-refractivity contribution in [2.75, 3.05) is 7.05 Å². The van der Waals surface area contributed by atoms with Gasteiger partial charge in [-0.05, 0) is 43.7 Å². The Bertz CT molecular complexity index is 1080. The topological polar surface area (TPSA) is 76.1 Å². The standard InChI is InChI=1S/C21H20F3N5O2/c1-4-25-19(27-29(3)13-15-7-5-6-14(2)12-15)20-26-18(28-31-20)16-8-10-17(11-9-16)30-21(22,23)24/h4-12H,13H2,1-3H3/b25-4?,27-19-. The third-order valence-corrected chi connectivity index (χ3v) is 3.97. The van der Waals surface area contributed by atoms with Crippen LogP contribution in [0.5, 0.6) is 5.75 Å². The first-order valence-electron chi connectivity index (χ1n) is 9.28. The van der Waals surface area contributed by atoms with Gasteiger partial charge in [0.15, 0.2) is 0 Å². The molecular weight excluding hydrogens is 411 g/mol. The predicted molar refractivity (Wildman–Crippen MR) is 110 cm³/mol. The zero-order valence-electron chi connectivity index (χ0n) is 17.1. The Balaban J connectivity index is 1.78. The average molecular weight is 431 g/mol. The molecule has 0 spiro atoms. The van der Waals surface area contributed by atoms with E-state index in [1.165, 1.54) is 24.3 Å². The number of aryl methyl sites for hydroxylation is 1. The van der Waals surface area contributed by atoms with Crippen LogP contribution in [0.2, 0.25) is 0 Å². The van der Waals surface area contributed by atoms with E-state index in [0.717, 1.165) is 11.1 Å². The summed E-state index contributed by atoms with van der Waals surface area (Å²) in [6.07, 6.45) is -3.21. The largest absolute Gasteiger partial charge is 0.573 e. The van der Waals surface area contributed by atoms with Crippen LogP contribution in [0.25, 0.3) is 11.4 Å². The number of amidine groups is 1. The summed E-state index contributed by atoms with van der Waals surface area (Å²) < 4.78 is 46.0. The maximum atomic E-state index is 12.3. The summed E-state index contributed by atoms with van der Waals surface area (Å²) in [5, 5.41) is 10.0. The summed E-state index contributed by atoms with van der Waals surface area (Å²) in [5.74, 6) is 0.151. The van der Waals surface area contributed by atoms with Gasteiger partial charge in [0.1, 0.15) is 5.75 Å². The lowest BCUT2D eigenvalue weighted by Crippen LogP contribution is -2.16. The van der Waals surface area contributed by atoms with Gasteiger partial charge in [0.25, 0.3) is 5.89 Å². The van der Waals surface area contributed by atoms with Crippen molar-refractivity contribution >= 4 is 12.1 Å². The number of benzene rings is 2. The van der Waals surface area contributed by atoms with E-state index in [2.05, 4.69) is 31.0 Å². The monoisotopic (exact) mass is 431 g/mol. The molecule has 3 aromatic rings. The van der Waals surface area contributed by atoms with Gasteiger partial charge < -0.3 is 9.26 Å². The Morgan fingerprint density at radius 1 is 1.19 bits per heavy atom. The summed E-state index contributed by atoms with van der Waals surface area (Å²) in [7, 11) is 1.80. The molecule has 0 atom stereocenters. The second kappa shape index (κ2) is 9.41. The van der Waals surface area contributed by atoms with Gasteiger partial charge >= 0.3 is 6.36 Å². The molecule has 0 saturated carbocycles. The van der Waals surface area contributed by atoms with Crippen LogP contribution in [-0.2, 0) is 6.54 Å². The van der Waals surface area contributed by atoms with E-state index < -0.39 is 6.36 Å². The van der Waals surface area contributed by atoms with Crippen LogP contribution in [0.3, 0.4) is 0 Å². The quantitative estimate of drug-likeness (QED) is 0.318. The molecule has 0 aliphatic heterocycles. The SMILES string of the molecule is CC=N/C(=N\N(C)Cc1cccc(C)c1)c1nc(-c2ccc(OC(F)(F)F)cc2)no1. The molecule has 0 aliphatic carbocycles. The van der Waals surface area contributed by atoms with Crippen LogP contribution in [0.1, 0.15) is 23.9 Å². The maximum Gasteiger partial charge on any atom is 0.573 e. The van der Waals surface area contributed by atoms with Gasteiger partial charge in [-0.15, -0.1) is 13.2 Å². The van der Waals surface area contributed by atoms with Gasteiger partial charge in [-0.25, -0.2) is 4.99 Å². The number of halogens is 3. The van der Waals surface area contributed by atoms with Crippen LogP contribution in [0.4, 0.5) is 13.2 Å². The lowest BCUT2D eigenvalue weighted by atomic mass is 10.1. The number of nitrogens with zero attached hydrogens (tertiary/aromatic N) is 5. The lowest BCUT2D eigenvalue weighted by molar-refractivity contribution is -0.274. The third kappa shape index (κ3) is 6.39. The fourth-order valence-corrected chi connectivity index (χ4v) is 2.76. The zero-order chi connectivity index (χ0) is 22.4. The van der Waals surface area contributed by atoms with Crippen molar-refractivity contribution in [1.82, 2.24) is 15.1 Å². The van der Waals surface area contributed by atoms with E-state index in [1.54, 1.807) is 25.2 Å². The Kier molecular flexibility index (Phi) is 6.68. The Morgan fingerprint density at radius 2 is 1.94 bits per heavy atom. The van der Waals surface area contributed by atoms with E-state index in [9.17, 15) is 13.2 Å². The third-order valence-electron chi connectivity index (χ3n) is 3.97. The van der Waals surface area contributed by atoms with Gasteiger partial charge in [-0.3, -0.25) is 5.01 Å². The van der Waals surface area contributed by atoms with Crippen LogP contribution in [0.15, 0.2) is 63.1 Å². The summed E-state index contributed by atoms with van der Waals surface area (Å²) >= 11 is 0. The number of hydrogen-bond acceptors (Lipinski definition) is 6. The number of rotatable bonds is 6. The first-order valence-corrected chi connectivity index (χ1v) is 9.28. The highest BCUT2D eigenvalue weighted by Gasteiger charge is 2.31. The summed E-state index contributed by atoms with van der Waals surface area (Å²) in [6, 6.07) is 13.2. The van der Waals surface area contributed by atoms with E-state index in [4.69, 9.17) is 4.52 Å². The van der Waals surface area contributed by atoms with Gasteiger partial charge in [-0.1, -0.05) is 35.0 Å². The van der Waals surface area contributed by atoms with Crippen molar-refractivity contribution in [3.8, 4) is 17.1 Å². The minimum absolute atomic E-state index is 0.0832. The van der Waals surface area contributed by atoms with Crippen molar-refractivity contribution < 1.29 is 22.4 Å². The molecule has 1 aromatic heterocycles. The van der Waals surface area contributed by atoms with Gasteiger partial charge in [-0.2, -0.15) is 10.1 Å². The smallest absolute Gasteiger partial charge is 0.406 e. The molecule has 0 radical (unpaired) electrons. The highest BCUT2D eigenvalue weighted by molar-refractivity contribution is 5.99. The van der Waals surface area contributed by atoms with Crippen molar-refractivity contribution in [2.45, 2.75) is 26.8 Å². The van der Waals surface area contributed by atoms with Crippen molar-refractivity contribution in [3.63, 3.8) is 0 Å². The number of aromatic nitrogens is 2.